The Kier molecular flexibility index (Phi) is 5.19. The van der Waals surface area contributed by atoms with Crippen LogP contribution in [0.5, 0.6) is 0 Å². The molecule has 1 saturated heterocycles. The topological polar surface area (TPSA) is 91.7 Å². The summed E-state index contributed by atoms with van der Waals surface area (Å²) in [6.45, 7) is 3.15. The van der Waals surface area contributed by atoms with Gasteiger partial charge in [0.15, 0.2) is 5.54 Å². The average Bonchev–Trinajstić information content (AvgIpc) is 3.34. The van der Waals surface area contributed by atoms with E-state index in [0.717, 1.165) is 28.7 Å². The third-order valence-electron chi connectivity index (χ3n) is 6.75. The minimum Gasteiger partial charge on any atom is -0.458 e. The largest absolute Gasteiger partial charge is 0.458 e. The molecule has 33 heavy (non-hydrogen) atoms. The number of hydrogen-bond donors (Lipinski definition) is 2. The molecule has 1 aliphatic heterocycles. The minimum absolute atomic E-state index is 0.229. The summed E-state index contributed by atoms with van der Waals surface area (Å²) in [4.78, 5) is 39.5. The Bertz CT molecular complexity index is 1230. The smallest absolute Gasteiger partial charge is 0.325 e. The van der Waals surface area contributed by atoms with Gasteiger partial charge in [-0.15, -0.1) is 0 Å². The van der Waals surface area contributed by atoms with Crippen molar-refractivity contribution in [2.45, 2.75) is 51.1 Å². The van der Waals surface area contributed by atoms with Gasteiger partial charge in [-0.25, -0.2) is 4.79 Å². The van der Waals surface area contributed by atoms with Gasteiger partial charge in [0.1, 0.15) is 17.9 Å². The Labute approximate surface area is 192 Å². The van der Waals surface area contributed by atoms with Crippen LogP contribution in [-0.4, -0.2) is 29.3 Å². The summed E-state index contributed by atoms with van der Waals surface area (Å²) in [5, 5.41) is 6.46. The Hall–Kier alpha value is -3.61. The maximum Gasteiger partial charge on any atom is 0.325 e. The lowest BCUT2D eigenvalue weighted by atomic mass is 9.89. The summed E-state index contributed by atoms with van der Waals surface area (Å²) < 4.78 is 5.83. The summed E-state index contributed by atoms with van der Waals surface area (Å²) in [7, 11) is 0. The molecular weight excluding hydrogens is 418 g/mol. The summed E-state index contributed by atoms with van der Waals surface area (Å²) in [6.07, 6.45) is 4.57. The van der Waals surface area contributed by atoms with Crippen molar-refractivity contribution < 1.29 is 18.8 Å². The van der Waals surface area contributed by atoms with E-state index in [2.05, 4.69) is 22.8 Å². The molecule has 2 N–H and O–H groups in total. The predicted molar refractivity (Wildman–Crippen MR) is 123 cm³/mol. The van der Waals surface area contributed by atoms with Crippen LogP contribution in [0.4, 0.5) is 4.79 Å². The van der Waals surface area contributed by atoms with E-state index in [-0.39, 0.29) is 12.6 Å². The molecule has 0 spiro atoms. The third kappa shape index (κ3) is 3.77. The molecule has 2 aliphatic rings. The molecule has 2 atom stereocenters. The van der Waals surface area contributed by atoms with Gasteiger partial charge in [-0.1, -0.05) is 36.4 Å². The Morgan fingerprint density at radius 1 is 1.12 bits per heavy atom. The second kappa shape index (κ2) is 8.06. The first-order valence-electron chi connectivity index (χ1n) is 11.4. The number of nitrogens with one attached hydrogen (secondary N) is 2. The molecule has 170 valence electrons. The van der Waals surface area contributed by atoms with Gasteiger partial charge in [0.05, 0.1) is 6.04 Å². The van der Waals surface area contributed by atoms with E-state index in [1.807, 2.05) is 31.2 Å². The maximum atomic E-state index is 13.2. The zero-order valence-electron chi connectivity index (χ0n) is 18.8. The van der Waals surface area contributed by atoms with Gasteiger partial charge in [-0.3, -0.25) is 14.5 Å². The van der Waals surface area contributed by atoms with Crippen LogP contribution in [0.3, 0.4) is 0 Å². The van der Waals surface area contributed by atoms with Crippen molar-refractivity contribution in [2.24, 2.45) is 0 Å². The number of rotatable bonds is 5. The molecule has 3 aromatic rings. The van der Waals surface area contributed by atoms with Gasteiger partial charge in [0.25, 0.3) is 5.91 Å². The number of fused-ring (bicyclic) bond motifs is 2. The van der Waals surface area contributed by atoms with Crippen molar-refractivity contribution in [3.63, 3.8) is 0 Å². The molecule has 0 saturated carbocycles. The highest BCUT2D eigenvalue weighted by Gasteiger charge is 2.51. The van der Waals surface area contributed by atoms with E-state index in [4.69, 9.17) is 4.42 Å². The first kappa shape index (κ1) is 21.2. The van der Waals surface area contributed by atoms with Crippen LogP contribution in [-0.2, 0) is 28.0 Å². The molecule has 2 aromatic carbocycles. The highest BCUT2D eigenvalue weighted by molar-refractivity contribution is 6.09. The number of hydrogen-bond acceptors (Lipinski definition) is 4. The summed E-state index contributed by atoms with van der Waals surface area (Å²) >= 11 is 0. The van der Waals surface area contributed by atoms with Crippen LogP contribution in [0.15, 0.2) is 52.9 Å². The van der Waals surface area contributed by atoms with E-state index in [1.54, 1.807) is 19.1 Å². The molecule has 7 nitrogen and oxygen atoms in total. The molecule has 0 radical (unpaired) electrons. The fourth-order valence-corrected chi connectivity index (χ4v) is 4.77. The van der Waals surface area contributed by atoms with Gasteiger partial charge in [0.2, 0.25) is 5.91 Å². The number of para-hydroxylation sites is 1. The Morgan fingerprint density at radius 3 is 2.67 bits per heavy atom. The number of urea groups is 1. The monoisotopic (exact) mass is 445 g/mol. The van der Waals surface area contributed by atoms with E-state index in [1.165, 1.54) is 24.0 Å². The van der Waals surface area contributed by atoms with E-state index in [0.29, 0.717) is 11.3 Å². The molecular formula is C26H27N3O4. The molecule has 0 bridgehead atoms. The minimum atomic E-state index is -1.36. The van der Waals surface area contributed by atoms with Crippen LogP contribution < -0.4 is 10.6 Å². The Morgan fingerprint density at radius 2 is 1.88 bits per heavy atom. The zero-order chi connectivity index (χ0) is 23.2. The van der Waals surface area contributed by atoms with Gasteiger partial charge in [-0.2, -0.15) is 0 Å². The zero-order valence-corrected chi connectivity index (χ0v) is 18.8. The summed E-state index contributed by atoms with van der Waals surface area (Å²) in [6, 6.07) is 14.6. The van der Waals surface area contributed by atoms with E-state index < -0.39 is 23.4 Å². The number of imide groups is 1. The molecule has 1 fully saturated rings. The lowest BCUT2D eigenvalue weighted by molar-refractivity contribution is -0.135. The number of carbonyl (C=O) groups is 3. The third-order valence-corrected chi connectivity index (χ3v) is 6.75. The van der Waals surface area contributed by atoms with Crippen LogP contribution in [0.25, 0.3) is 11.0 Å². The van der Waals surface area contributed by atoms with Crippen LogP contribution in [0, 0.1) is 0 Å². The van der Waals surface area contributed by atoms with E-state index in [9.17, 15) is 14.4 Å². The Balaban J connectivity index is 1.28. The molecule has 7 heteroatoms. The second-order valence-electron chi connectivity index (χ2n) is 9.12. The fourth-order valence-electron chi connectivity index (χ4n) is 4.77. The number of furan rings is 1. The van der Waals surface area contributed by atoms with Gasteiger partial charge < -0.3 is 15.1 Å². The first-order valence-corrected chi connectivity index (χ1v) is 11.4. The summed E-state index contributed by atoms with van der Waals surface area (Å²) in [5.74, 6) is -0.562. The normalized spacial score (nSPS) is 21.1. The highest BCUT2D eigenvalue weighted by Crippen LogP contribution is 2.33. The molecule has 5 rings (SSSR count). The van der Waals surface area contributed by atoms with Crippen LogP contribution in [0.2, 0.25) is 0 Å². The van der Waals surface area contributed by atoms with Gasteiger partial charge in [-0.05, 0) is 68.4 Å². The second-order valence-corrected chi connectivity index (χ2v) is 9.12. The standard InChI is InChI=1S/C26H27N3O4/c1-16(18-12-11-17-7-3-4-8-19(17)13-18)27-23(30)15-29-24(31)26(2,28-25(29)32)22-14-20-9-5-6-10-21(20)33-22/h5-6,9-14,16H,3-4,7-8,15H2,1-2H3,(H,27,30)(H,28,32). The first-order chi connectivity index (χ1) is 15.8. The van der Waals surface area contributed by atoms with Crippen molar-refractivity contribution in [3.8, 4) is 0 Å². The van der Waals surface area contributed by atoms with E-state index >= 15 is 0 Å². The molecule has 4 amide bonds. The number of nitrogens with zero attached hydrogens (tertiary/aromatic N) is 1. The maximum absolute atomic E-state index is 13.2. The van der Waals surface area contributed by atoms with Crippen LogP contribution >= 0.6 is 0 Å². The molecule has 2 unspecified atom stereocenters. The quantitative estimate of drug-likeness (QED) is 0.582. The van der Waals surface area contributed by atoms with Gasteiger partial charge >= 0.3 is 6.03 Å². The van der Waals surface area contributed by atoms with Crippen LogP contribution in [0.1, 0.15) is 55.2 Å². The predicted octanol–water partition coefficient (Wildman–Crippen LogP) is 3.96. The summed E-state index contributed by atoms with van der Waals surface area (Å²) in [5.41, 5.74) is 3.02. The lowest BCUT2D eigenvalue weighted by Gasteiger charge is -2.21. The molecule has 2 heterocycles. The average molecular weight is 446 g/mol. The number of aryl methyl sites for hydroxylation is 2. The van der Waals surface area contributed by atoms with Crippen molar-refractivity contribution in [1.29, 1.82) is 0 Å². The van der Waals surface area contributed by atoms with Crippen molar-refractivity contribution in [2.75, 3.05) is 6.54 Å². The van der Waals surface area contributed by atoms with Crippen molar-refractivity contribution >= 4 is 28.8 Å². The SMILES string of the molecule is CC(NC(=O)CN1C(=O)NC(C)(c2cc3ccccc3o2)C1=O)c1ccc2c(c1)CCCC2. The number of carbonyl (C=O) groups excluding carboxylic acids is 3. The lowest BCUT2D eigenvalue weighted by Crippen LogP contribution is -2.43. The number of benzene rings is 2. The van der Waals surface area contributed by atoms with Crippen molar-refractivity contribution in [3.05, 3.63) is 71.0 Å². The highest BCUT2D eigenvalue weighted by atomic mass is 16.3. The molecule has 1 aromatic heterocycles. The fraction of sp³-hybridized carbons (Fsp3) is 0.346. The molecule has 1 aliphatic carbocycles. The van der Waals surface area contributed by atoms with Crippen molar-refractivity contribution in [1.82, 2.24) is 15.5 Å². The van der Waals surface area contributed by atoms with Gasteiger partial charge in [0, 0.05) is 5.39 Å². The number of amides is 4.